The van der Waals surface area contributed by atoms with Gasteiger partial charge in [0.2, 0.25) is 5.91 Å². The molecule has 2 atom stereocenters. The van der Waals surface area contributed by atoms with E-state index in [0.29, 0.717) is 17.2 Å². The molecule has 0 aromatic heterocycles. The van der Waals surface area contributed by atoms with Gasteiger partial charge in [0.05, 0.1) is 5.41 Å². The first-order valence-electron chi connectivity index (χ1n) is 8.04. The van der Waals surface area contributed by atoms with Gasteiger partial charge in [0.25, 0.3) is 0 Å². The molecule has 116 valence electrons. The van der Waals surface area contributed by atoms with Crippen LogP contribution in [0.5, 0.6) is 0 Å². The maximum absolute atomic E-state index is 13.1. The van der Waals surface area contributed by atoms with E-state index < -0.39 is 0 Å². The number of halogens is 1. The zero-order chi connectivity index (χ0) is 13.5. The van der Waals surface area contributed by atoms with E-state index in [1.165, 1.54) is 19.3 Å². The molecular weight excluding hydrogens is 272 g/mol. The molecule has 0 bridgehead atoms. The van der Waals surface area contributed by atoms with Crippen LogP contribution in [0.15, 0.2) is 0 Å². The maximum Gasteiger partial charge on any atom is 0.230 e. The van der Waals surface area contributed by atoms with Gasteiger partial charge < -0.3 is 10.2 Å². The molecule has 0 unspecified atom stereocenters. The molecule has 20 heavy (non-hydrogen) atoms. The van der Waals surface area contributed by atoms with E-state index in [0.717, 1.165) is 45.4 Å². The van der Waals surface area contributed by atoms with Crippen molar-refractivity contribution in [3.63, 3.8) is 0 Å². The monoisotopic (exact) mass is 300 g/mol. The first-order valence-corrected chi connectivity index (χ1v) is 8.04. The number of rotatable bonds is 1. The Bertz CT molecular complexity index is 361. The lowest BCUT2D eigenvalue weighted by atomic mass is 9.67. The van der Waals surface area contributed by atoms with Crippen LogP contribution in [0.25, 0.3) is 0 Å². The molecule has 0 spiro atoms. The SMILES string of the molecule is CC1(C)CCN(C(=O)[C@@]23CCCC[C@H]2CNC3)CC1.Cl. The summed E-state index contributed by atoms with van der Waals surface area (Å²) in [5, 5.41) is 3.49. The lowest BCUT2D eigenvalue weighted by molar-refractivity contribution is -0.147. The summed E-state index contributed by atoms with van der Waals surface area (Å²) in [4.78, 5) is 15.2. The van der Waals surface area contributed by atoms with Gasteiger partial charge in [-0.2, -0.15) is 0 Å². The fourth-order valence-corrected chi connectivity index (χ4v) is 4.30. The van der Waals surface area contributed by atoms with Crippen molar-refractivity contribution in [3.8, 4) is 0 Å². The summed E-state index contributed by atoms with van der Waals surface area (Å²) in [6, 6.07) is 0. The Morgan fingerprint density at radius 1 is 1.15 bits per heavy atom. The second-order valence-corrected chi connectivity index (χ2v) is 7.69. The highest BCUT2D eigenvalue weighted by molar-refractivity contribution is 5.85. The van der Waals surface area contributed by atoms with Crippen LogP contribution in [0, 0.1) is 16.7 Å². The fraction of sp³-hybridized carbons (Fsp3) is 0.938. The Morgan fingerprint density at radius 2 is 1.85 bits per heavy atom. The molecular formula is C16H29ClN2O. The molecule has 1 aliphatic carbocycles. The molecule has 3 aliphatic rings. The summed E-state index contributed by atoms with van der Waals surface area (Å²) in [5.41, 5.74) is 0.383. The minimum atomic E-state index is -0.0419. The van der Waals surface area contributed by atoms with Gasteiger partial charge in [0.1, 0.15) is 0 Å². The molecule has 2 aliphatic heterocycles. The minimum Gasteiger partial charge on any atom is -0.342 e. The number of amides is 1. The molecule has 0 aromatic rings. The first-order chi connectivity index (χ1) is 9.04. The number of carbonyl (C=O) groups is 1. The number of fused-ring (bicyclic) bond motifs is 1. The summed E-state index contributed by atoms with van der Waals surface area (Å²) in [7, 11) is 0. The van der Waals surface area contributed by atoms with Gasteiger partial charge in [-0.15, -0.1) is 12.4 Å². The minimum absolute atomic E-state index is 0. The van der Waals surface area contributed by atoms with Crippen molar-refractivity contribution in [3.05, 3.63) is 0 Å². The fourth-order valence-electron chi connectivity index (χ4n) is 4.30. The van der Waals surface area contributed by atoms with Gasteiger partial charge in [-0.3, -0.25) is 4.79 Å². The van der Waals surface area contributed by atoms with Crippen LogP contribution in [0.1, 0.15) is 52.4 Å². The molecule has 2 heterocycles. The first kappa shape index (κ1) is 16.1. The van der Waals surface area contributed by atoms with E-state index >= 15 is 0 Å². The van der Waals surface area contributed by atoms with Crippen molar-refractivity contribution in [2.75, 3.05) is 26.2 Å². The van der Waals surface area contributed by atoms with Gasteiger partial charge >= 0.3 is 0 Å². The van der Waals surface area contributed by atoms with Crippen molar-refractivity contribution < 1.29 is 4.79 Å². The third-order valence-electron chi connectivity index (χ3n) is 5.87. The molecule has 2 saturated heterocycles. The molecule has 3 nitrogen and oxygen atoms in total. The van der Waals surface area contributed by atoms with Crippen molar-refractivity contribution in [2.24, 2.45) is 16.7 Å². The van der Waals surface area contributed by atoms with Crippen LogP contribution >= 0.6 is 12.4 Å². The molecule has 1 N–H and O–H groups in total. The van der Waals surface area contributed by atoms with Crippen molar-refractivity contribution >= 4 is 18.3 Å². The lowest BCUT2D eigenvalue weighted by Gasteiger charge is -2.44. The van der Waals surface area contributed by atoms with Gasteiger partial charge in [-0.25, -0.2) is 0 Å². The van der Waals surface area contributed by atoms with E-state index in [4.69, 9.17) is 0 Å². The van der Waals surface area contributed by atoms with Crippen LogP contribution in [0.2, 0.25) is 0 Å². The number of piperidine rings is 1. The smallest absolute Gasteiger partial charge is 0.230 e. The third kappa shape index (κ3) is 2.71. The third-order valence-corrected chi connectivity index (χ3v) is 5.87. The Kier molecular flexibility index (Phi) is 4.70. The van der Waals surface area contributed by atoms with Gasteiger partial charge in [-0.05, 0) is 43.6 Å². The highest BCUT2D eigenvalue weighted by Crippen LogP contribution is 2.45. The average molecular weight is 301 g/mol. The number of nitrogens with one attached hydrogen (secondary N) is 1. The molecule has 4 heteroatoms. The predicted octanol–water partition coefficient (Wildman–Crippen LogP) is 2.84. The van der Waals surface area contributed by atoms with Gasteiger partial charge in [0, 0.05) is 19.6 Å². The normalized spacial score (nSPS) is 36.1. The number of hydrogen-bond donors (Lipinski definition) is 1. The van der Waals surface area contributed by atoms with Gasteiger partial charge in [-0.1, -0.05) is 26.7 Å². The second kappa shape index (κ2) is 5.84. The molecule has 3 fully saturated rings. The molecule has 0 radical (unpaired) electrons. The zero-order valence-electron chi connectivity index (χ0n) is 12.9. The standard InChI is InChI=1S/C16H28N2O.ClH/c1-15(2)7-9-18(10-8-15)14(19)16-6-4-3-5-13(16)11-17-12-16;/h13,17H,3-12H2,1-2H3;1H/t13-,16+;/m0./s1. The van der Waals surface area contributed by atoms with Crippen LogP contribution in [0.3, 0.4) is 0 Å². The maximum atomic E-state index is 13.1. The summed E-state index contributed by atoms with van der Waals surface area (Å²) in [6.07, 6.45) is 7.24. The largest absolute Gasteiger partial charge is 0.342 e. The van der Waals surface area contributed by atoms with Crippen molar-refractivity contribution in [1.82, 2.24) is 10.2 Å². The topological polar surface area (TPSA) is 32.3 Å². The lowest BCUT2D eigenvalue weighted by Crippen LogP contribution is -2.52. The zero-order valence-corrected chi connectivity index (χ0v) is 13.7. The highest BCUT2D eigenvalue weighted by Gasteiger charge is 2.51. The van der Waals surface area contributed by atoms with E-state index in [2.05, 4.69) is 24.1 Å². The van der Waals surface area contributed by atoms with Crippen LogP contribution in [-0.2, 0) is 4.79 Å². The van der Waals surface area contributed by atoms with Crippen LogP contribution in [0.4, 0.5) is 0 Å². The molecule has 1 amide bonds. The van der Waals surface area contributed by atoms with Gasteiger partial charge in [0.15, 0.2) is 0 Å². The second-order valence-electron chi connectivity index (χ2n) is 7.69. The molecule has 3 rings (SSSR count). The Morgan fingerprint density at radius 3 is 2.55 bits per heavy atom. The summed E-state index contributed by atoms with van der Waals surface area (Å²) < 4.78 is 0. The Hall–Kier alpha value is -0.280. The quantitative estimate of drug-likeness (QED) is 0.807. The van der Waals surface area contributed by atoms with Crippen LogP contribution in [-0.4, -0.2) is 37.0 Å². The van der Waals surface area contributed by atoms with E-state index in [1.807, 2.05) is 0 Å². The Balaban J connectivity index is 0.00000147. The van der Waals surface area contributed by atoms with Crippen molar-refractivity contribution in [1.29, 1.82) is 0 Å². The number of likely N-dealkylation sites (tertiary alicyclic amines) is 1. The van der Waals surface area contributed by atoms with E-state index in [9.17, 15) is 4.79 Å². The van der Waals surface area contributed by atoms with E-state index in [1.54, 1.807) is 0 Å². The Labute approximate surface area is 129 Å². The molecule has 1 saturated carbocycles. The highest BCUT2D eigenvalue weighted by atomic mass is 35.5. The predicted molar refractivity (Wildman–Crippen MR) is 84.1 cm³/mol. The number of hydrogen-bond acceptors (Lipinski definition) is 2. The summed E-state index contributed by atoms with van der Waals surface area (Å²) >= 11 is 0. The number of carbonyl (C=O) groups excluding carboxylic acids is 1. The van der Waals surface area contributed by atoms with Crippen molar-refractivity contribution in [2.45, 2.75) is 52.4 Å². The number of nitrogens with zero attached hydrogens (tertiary/aromatic N) is 1. The average Bonchev–Trinajstić information content (AvgIpc) is 2.83. The van der Waals surface area contributed by atoms with E-state index in [-0.39, 0.29) is 17.8 Å². The summed E-state index contributed by atoms with van der Waals surface area (Å²) in [5.74, 6) is 1.07. The van der Waals surface area contributed by atoms with Crippen LogP contribution < -0.4 is 5.32 Å². The molecule has 0 aromatic carbocycles. The summed E-state index contributed by atoms with van der Waals surface area (Å²) in [6.45, 7) is 8.59.